The minimum absolute atomic E-state index is 0.214. The highest BCUT2D eigenvalue weighted by Crippen LogP contribution is 2.22. The summed E-state index contributed by atoms with van der Waals surface area (Å²) in [5, 5.41) is 6.45. The van der Waals surface area contributed by atoms with Gasteiger partial charge in [-0.25, -0.2) is 4.39 Å². The van der Waals surface area contributed by atoms with Gasteiger partial charge >= 0.3 is 0 Å². The molecule has 0 aliphatic heterocycles. The van der Waals surface area contributed by atoms with Gasteiger partial charge in [-0.15, -0.1) is 0 Å². The summed E-state index contributed by atoms with van der Waals surface area (Å²) in [7, 11) is 3.37. The van der Waals surface area contributed by atoms with E-state index in [0.717, 1.165) is 5.56 Å². The van der Waals surface area contributed by atoms with E-state index in [0.29, 0.717) is 38.9 Å². The van der Waals surface area contributed by atoms with Gasteiger partial charge in [-0.2, -0.15) is 0 Å². The average molecular weight is 325 g/mol. The number of nitrogens with zero attached hydrogens (tertiary/aromatic N) is 1. The molecule has 0 radical (unpaired) electrons. The number of rotatable bonds is 9. The van der Waals surface area contributed by atoms with Gasteiger partial charge < -0.3 is 20.1 Å². The van der Waals surface area contributed by atoms with Crippen molar-refractivity contribution in [3.8, 4) is 0 Å². The molecule has 2 N–H and O–H groups in total. The highest BCUT2D eigenvalue weighted by Gasteiger charge is 2.21. The van der Waals surface area contributed by atoms with Crippen LogP contribution in [0.15, 0.2) is 29.3 Å². The number of halogens is 1. The number of hydrogen-bond donors (Lipinski definition) is 2. The summed E-state index contributed by atoms with van der Waals surface area (Å²) >= 11 is 0. The van der Waals surface area contributed by atoms with Crippen LogP contribution in [0.4, 0.5) is 4.39 Å². The van der Waals surface area contributed by atoms with Gasteiger partial charge in [0.15, 0.2) is 5.96 Å². The maximum Gasteiger partial charge on any atom is 0.191 e. The van der Waals surface area contributed by atoms with Crippen molar-refractivity contribution in [3.05, 3.63) is 35.6 Å². The first-order chi connectivity index (χ1) is 11.0. The van der Waals surface area contributed by atoms with Gasteiger partial charge in [-0.05, 0) is 17.7 Å². The Bertz CT molecular complexity index is 492. The largest absolute Gasteiger partial charge is 0.382 e. The first-order valence-electron chi connectivity index (χ1n) is 7.77. The lowest BCUT2D eigenvalue weighted by molar-refractivity contribution is 0.0733. The molecule has 0 aliphatic carbocycles. The van der Waals surface area contributed by atoms with E-state index < -0.39 is 0 Å². The third-order valence-electron chi connectivity index (χ3n) is 3.50. The fourth-order valence-corrected chi connectivity index (χ4v) is 2.02. The zero-order chi connectivity index (χ0) is 17.1. The van der Waals surface area contributed by atoms with E-state index in [-0.39, 0.29) is 11.2 Å². The minimum Gasteiger partial charge on any atom is -0.382 e. The van der Waals surface area contributed by atoms with Crippen molar-refractivity contribution in [1.29, 1.82) is 0 Å². The molecular weight excluding hydrogens is 297 g/mol. The Balaban J connectivity index is 2.38. The number of aliphatic imine (C=N–C) groups is 1. The van der Waals surface area contributed by atoms with Crippen LogP contribution >= 0.6 is 0 Å². The predicted octanol–water partition coefficient (Wildman–Crippen LogP) is 1.93. The van der Waals surface area contributed by atoms with Gasteiger partial charge in [0.05, 0.1) is 19.8 Å². The van der Waals surface area contributed by atoms with Gasteiger partial charge in [0.25, 0.3) is 0 Å². The van der Waals surface area contributed by atoms with E-state index in [1.54, 1.807) is 26.3 Å². The highest BCUT2D eigenvalue weighted by molar-refractivity contribution is 5.79. The fourth-order valence-electron chi connectivity index (χ4n) is 2.02. The summed E-state index contributed by atoms with van der Waals surface area (Å²) < 4.78 is 23.7. The standard InChI is InChI=1S/C17H28FN3O2/c1-17(2,14-6-5-7-15(18)12-14)13-21-16(19-3)20-8-9-23-11-10-22-4/h5-7,12H,8-11,13H2,1-4H3,(H2,19,20,21). The zero-order valence-electron chi connectivity index (χ0n) is 14.5. The average Bonchev–Trinajstić information content (AvgIpc) is 2.53. The summed E-state index contributed by atoms with van der Waals surface area (Å²) in [5.41, 5.74) is 0.734. The number of guanidine groups is 1. The SMILES string of the molecule is CN=C(NCCOCCOC)NCC(C)(C)c1cccc(F)c1. The van der Waals surface area contributed by atoms with Crippen molar-refractivity contribution in [3.63, 3.8) is 0 Å². The summed E-state index contributed by atoms with van der Waals surface area (Å²) in [6, 6.07) is 6.69. The van der Waals surface area contributed by atoms with Crippen LogP contribution < -0.4 is 10.6 Å². The Morgan fingerprint density at radius 3 is 2.65 bits per heavy atom. The lowest BCUT2D eigenvalue weighted by atomic mass is 9.84. The Kier molecular flexibility index (Phi) is 8.58. The summed E-state index contributed by atoms with van der Waals surface area (Å²) in [5.74, 6) is 0.483. The maximum atomic E-state index is 13.4. The van der Waals surface area contributed by atoms with E-state index in [4.69, 9.17) is 9.47 Å². The molecule has 0 unspecified atom stereocenters. The molecule has 0 saturated carbocycles. The third-order valence-corrected chi connectivity index (χ3v) is 3.50. The number of ether oxygens (including phenoxy) is 2. The summed E-state index contributed by atoms with van der Waals surface area (Å²) in [6.45, 7) is 7.18. The monoisotopic (exact) mass is 325 g/mol. The molecule has 23 heavy (non-hydrogen) atoms. The van der Waals surface area contributed by atoms with E-state index in [1.165, 1.54) is 6.07 Å². The van der Waals surface area contributed by atoms with Crippen LogP contribution in [0, 0.1) is 5.82 Å². The van der Waals surface area contributed by atoms with Gasteiger partial charge in [0, 0.05) is 32.7 Å². The zero-order valence-corrected chi connectivity index (χ0v) is 14.5. The molecule has 1 aromatic rings. The molecule has 130 valence electrons. The molecule has 5 nitrogen and oxygen atoms in total. The molecule has 1 aromatic carbocycles. The van der Waals surface area contributed by atoms with Crippen molar-refractivity contribution >= 4 is 5.96 Å². The molecule has 0 saturated heterocycles. The van der Waals surface area contributed by atoms with Crippen molar-refractivity contribution in [2.45, 2.75) is 19.3 Å². The van der Waals surface area contributed by atoms with Crippen LogP contribution in [-0.2, 0) is 14.9 Å². The van der Waals surface area contributed by atoms with Crippen LogP contribution in [-0.4, -0.2) is 53.0 Å². The smallest absolute Gasteiger partial charge is 0.191 e. The first kappa shape index (κ1) is 19.4. The quantitative estimate of drug-likeness (QED) is 0.414. The first-order valence-corrected chi connectivity index (χ1v) is 7.77. The van der Waals surface area contributed by atoms with Crippen LogP contribution in [0.5, 0.6) is 0 Å². The van der Waals surface area contributed by atoms with E-state index in [2.05, 4.69) is 29.5 Å². The van der Waals surface area contributed by atoms with Crippen molar-refractivity contribution in [2.75, 3.05) is 47.1 Å². The lowest BCUT2D eigenvalue weighted by Crippen LogP contribution is -2.44. The second-order valence-electron chi connectivity index (χ2n) is 5.85. The van der Waals surface area contributed by atoms with Crippen LogP contribution in [0.3, 0.4) is 0 Å². The van der Waals surface area contributed by atoms with Crippen molar-refractivity contribution in [2.24, 2.45) is 4.99 Å². The summed E-state index contributed by atoms with van der Waals surface area (Å²) in [6.07, 6.45) is 0. The molecule has 0 atom stereocenters. The molecule has 0 fully saturated rings. The van der Waals surface area contributed by atoms with Gasteiger partial charge in [-0.3, -0.25) is 4.99 Å². The summed E-state index contributed by atoms with van der Waals surface area (Å²) in [4.78, 5) is 4.18. The Labute approximate surface area is 138 Å². The van der Waals surface area contributed by atoms with Gasteiger partial charge in [-0.1, -0.05) is 26.0 Å². The number of benzene rings is 1. The molecule has 0 heterocycles. The Morgan fingerprint density at radius 1 is 1.22 bits per heavy atom. The second-order valence-corrected chi connectivity index (χ2v) is 5.85. The lowest BCUT2D eigenvalue weighted by Gasteiger charge is -2.26. The van der Waals surface area contributed by atoms with Crippen molar-refractivity contribution < 1.29 is 13.9 Å². The molecule has 0 amide bonds. The van der Waals surface area contributed by atoms with Gasteiger partial charge in [0.1, 0.15) is 5.82 Å². The third kappa shape index (κ3) is 7.43. The Morgan fingerprint density at radius 2 is 2.00 bits per heavy atom. The van der Waals surface area contributed by atoms with Gasteiger partial charge in [0.2, 0.25) is 0 Å². The maximum absolute atomic E-state index is 13.4. The van der Waals surface area contributed by atoms with Crippen molar-refractivity contribution in [1.82, 2.24) is 10.6 Å². The molecular formula is C17H28FN3O2. The number of methoxy groups -OCH3 is 1. The highest BCUT2D eigenvalue weighted by atomic mass is 19.1. The molecule has 0 spiro atoms. The molecule has 0 aromatic heterocycles. The van der Waals surface area contributed by atoms with Crippen LogP contribution in [0.1, 0.15) is 19.4 Å². The van der Waals surface area contributed by atoms with E-state index in [9.17, 15) is 4.39 Å². The predicted molar refractivity (Wildman–Crippen MR) is 91.5 cm³/mol. The molecule has 6 heteroatoms. The fraction of sp³-hybridized carbons (Fsp3) is 0.588. The van der Waals surface area contributed by atoms with E-state index in [1.807, 2.05) is 6.07 Å². The topological polar surface area (TPSA) is 54.9 Å². The number of hydrogen-bond acceptors (Lipinski definition) is 3. The minimum atomic E-state index is -0.216. The van der Waals surface area contributed by atoms with E-state index >= 15 is 0 Å². The molecule has 0 bridgehead atoms. The Hall–Kier alpha value is -1.66. The number of nitrogens with one attached hydrogen (secondary N) is 2. The molecule has 1 rings (SSSR count). The molecule has 0 aliphatic rings. The normalized spacial score (nSPS) is 12.3. The second kappa shape index (κ2) is 10.2. The van der Waals surface area contributed by atoms with Crippen LogP contribution in [0.2, 0.25) is 0 Å². The van der Waals surface area contributed by atoms with Crippen LogP contribution in [0.25, 0.3) is 0 Å².